The zero-order valence-electron chi connectivity index (χ0n) is 15.3. The molecule has 1 aromatic heterocycles. The second-order valence-corrected chi connectivity index (χ2v) is 7.79. The van der Waals surface area contributed by atoms with E-state index in [1.165, 1.54) is 37.3 Å². The maximum atomic E-state index is 12.5. The summed E-state index contributed by atoms with van der Waals surface area (Å²) in [7, 11) is -3.82. The van der Waals surface area contributed by atoms with Crippen molar-refractivity contribution in [2.75, 3.05) is 15.4 Å². The summed E-state index contributed by atoms with van der Waals surface area (Å²) >= 11 is 0. The summed E-state index contributed by atoms with van der Waals surface area (Å²) in [5.41, 5.74) is 2.48. The van der Waals surface area contributed by atoms with E-state index in [0.29, 0.717) is 11.5 Å². The van der Waals surface area contributed by atoms with Crippen molar-refractivity contribution in [2.45, 2.75) is 18.7 Å². The molecule has 3 N–H and O–H groups in total. The highest BCUT2D eigenvalue weighted by molar-refractivity contribution is 7.92. The van der Waals surface area contributed by atoms with Crippen molar-refractivity contribution in [2.24, 2.45) is 0 Å². The van der Waals surface area contributed by atoms with Crippen LogP contribution in [0.4, 0.5) is 23.0 Å². The SMILES string of the molecule is CC(=O)Nc1ccc(S(=O)(=O)Nc2ccc(Nc3cccc(C)c3)nn2)cc1. The van der Waals surface area contributed by atoms with Crippen molar-refractivity contribution in [3.8, 4) is 0 Å². The highest BCUT2D eigenvalue weighted by atomic mass is 32.2. The van der Waals surface area contributed by atoms with Gasteiger partial charge in [0.25, 0.3) is 10.0 Å². The summed E-state index contributed by atoms with van der Waals surface area (Å²) in [6, 6.07) is 16.7. The van der Waals surface area contributed by atoms with E-state index < -0.39 is 10.0 Å². The summed E-state index contributed by atoms with van der Waals surface area (Å²) in [5.74, 6) is 0.359. The Morgan fingerprint density at radius 2 is 1.57 bits per heavy atom. The first-order valence-corrected chi connectivity index (χ1v) is 9.88. The number of aryl methyl sites for hydroxylation is 1. The Morgan fingerprint density at radius 3 is 2.18 bits per heavy atom. The number of sulfonamides is 1. The van der Waals surface area contributed by atoms with Gasteiger partial charge in [-0.2, -0.15) is 0 Å². The van der Waals surface area contributed by atoms with Gasteiger partial charge in [0.15, 0.2) is 11.6 Å². The molecule has 8 nitrogen and oxygen atoms in total. The minimum atomic E-state index is -3.82. The van der Waals surface area contributed by atoms with Gasteiger partial charge in [0.1, 0.15) is 0 Å². The first-order valence-electron chi connectivity index (χ1n) is 8.40. The van der Waals surface area contributed by atoms with Crippen LogP contribution in [0, 0.1) is 6.92 Å². The third-order valence-corrected chi connectivity index (χ3v) is 5.05. The standard InChI is InChI=1S/C19H19N5O3S/c1-13-4-3-5-16(12-13)21-18-10-11-19(23-22-18)24-28(26,27)17-8-6-15(7-9-17)20-14(2)25/h3-12H,1-2H3,(H,20,25)(H,21,22)(H,23,24). The number of amides is 1. The summed E-state index contributed by atoms with van der Waals surface area (Å²) in [6.07, 6.45) is 0. The molecule has 0 aliphatic carbocycles. The molecule has 1 amide bonds. The van der Waals surface area contributed by atoms with Crippen molar-refractivity contribution in [3.05, 3.63) is 66.2 Å². The van der Waals surface area contributed by atoms with Gasteiger partial charge in [-0.25, -0.2) is 8.42 Å². The number of carbonyl (C=O) groups is 1. The van der Waals surface area contributed by atoms with Gasteiger partial charge in [-0.1, -0.05) is 12.1 Å². The number of carbonyl (C=O) groups excluding carboxylic acids is 1. The third-order valence-electron chi connectivity index (χ3n) is 3.68. The predicted molar refractivity (Wildman–Crippen MR) is 108 cm³/mol. The fraction of sp³-hybridized carbons (Fsp3) is 0.105. The first-order chi connectivity index (χ1) is 13.3. The lowest BCUT2D eigenvalue weighted by molar-refractivity contribution is -0.114. The molecule has 144 valence electrons. The van der Waals surface area contributed by atoms with Crippen LogP contribution in [0.25, 0.3) is 0 Å². The zero-order chi connectivity index (χ0) is 20.1. The fourth-order valence-electron chi connectivity index (χ4n) is 2.44. The molecule has 2 aromatic carbocycles. The molecule has 3 rings (SSSR count). The number of benzene rings is 2. The van der Waals surface area contributed by atoms with Crippen molar-refractivity contribution >= 4 is 38.9 Å². The molecule has 0 radical (unpaired) electrons. The molecule has 0 atom stereocenters. The molecule has 0 saturated carbocycles. The van der Waals surface area contributed by atoms with Gasteiger partial charge in [0.05, 0.1) is 4.90 Å². The van der Waals surface area contributed by atoms with E-state index in [-0.39, 0.29) is 16.6 Å². The van der Waals surface area contributed by atoms with Gasteiger partial charge in [0, 0.05) is 18.3 Å². The molecular weight excluding hydrogens is 378 g/mol. The van der Waals surface area contributed by atoms with E-state index >= 15 is 0 Å². The van der Waals surface area contributed by atoms with Gasteiger partial charge in [0.2, 0.25) is 5.91 Å². The van der Waals surface area contributed by atoms with Gasteiger partial charge in [-0.05, 0) is 61.0 Å². The van der Waals surface area contributed by atoms with Crippen molar-refractivity contribution in [3.63, 3.8) is 0 Å². The summed E-state index contributed by atoms with van der Waals surface area (Å²) < 4.78 is 27.3. The molecular formula is C19H19N5O3S. The van der Waals surface area contributed by atoms with Gasteiger partial charge >= 0.3 is 0 Å². The van der Waals surface area contributed by atoms with E-state index in [0.717, 1.165) is 11.3 Å². The second-order valence-electron chi connectivity index (χ2n) is 6.11. The first kappa shape index (κ1) is 19.3. The van der Waals surface area contributed by atoms with Gasteiger partial charge in [-0.15, -0.1) is 10.2 Å². The van der Waals surface area contributed by atoms with E-state index in [9.17, 15) is 13.2 Å². The lowest BCUT2D eigenvalue weighted by Crippen LogP contribution is -2.14. The minimum absolute atomic E-state index is 0.0466. The average Bonchev–Trinajstić information content (AvgIpc) is 2.63. The quantitative estimate of drug-likeness (QED) is 0.588. The number of hydrogen-bond donors (Lipinski definition) is 3. The maximum Gasteiger partial charge on any atom is 0.263 e. The number of hydrogen-bond acceptors (Lipinski definition) is 6. The molecule has 3 aromatic rings. The molecule has 0 saturated heterocycles. The summed E-state index contributed by atoms with van der Waals surface area (Å²) in [4.78, 5) is 11.1. The van der Waals surface area contributed by atoms with Crippen LogP contribution in [0.1, 0.15) is 12.5 Å². The van der Waals surface area contributed by atoms with Gasteiger partial charge in [-0.3, -0.25) is 9.52 Å². The Morgan fingerprint density at radius 1 is 0.893 bits per heavy atom. The van der Waals surface area contributed by atoms with Gasteiger partial charge < -0.3 is 10.6 Å². The monoisotopic (exact) mass is 397 g/mol. The Balaban J connectivity index is 1.69. The highest BCUT2D eigenvalue weighted by Gasteiger charge is 2.15. The summed E-state index contributed by atoms with van der Waals surface area (Å²) in [6.45, 7) is 3.36. The van der Waals surface area contributed by atoms with Crippen LogP contribution in [0.3, 0.4) is 0 Å². The molecule has 0 aliphatic rings. The highest BCUT2D eigenvalue weighted by Crippen LogP contribution is 2.19. The fourth-order valence-corrected chi connectivity index (χ4v) is 3.44. The Labute approximate surface area is 163 Å². The van der Waals surface area contributed by atoms with Crippen molar-refractivity contribution in [1.29, 1.82) is 0 Å². The average molecular weight is 397 g/mol. The minimum Gasteiger partial charge on any atom is -0.339 e. The molecule has 28 heavy (non-hydrogen) atoms. The molecule has 0 unspecified atom stereocenters. The smallest absolute Gasteiger partial charge is 0.263 e. The van der Waals surface area contributed by atoms with E-state index in [1.807, 2.05) is 31.2 Å². The third kappa shape index (κ3) is 5.04. The number of anilines is 4. The van der Waals surface area contributed by atoms with E-state index in [4.69, 9.17) is 0 Å². The normalized spacial score (nSPS) is 10.9. The molecule has 0 bridgehead atoms. The number of nitrogens with zero attached hydrogens (tertiary/aromatic N) is 2. The summed E-state index contributed by atoms with van der Waals surface area (Å²) in [5, 5.41) is 13.6. The van der Waals surface area contributed by atoms with Crippen molar-refractivity contribution in [1.82, 2.24) is 10.2 Å². The Hall–Kier alpha value is -3.46. The Bertz CT molecular complexity index is 1080. The lowest BCUT2D eigenvalue weighted by atomic mass is 10.2. The van der Waals surface area contributed by atoms with Crippen LogP contribution in [0.15, 0.2) is 65.6 Å². The molecule has 9 heteroatoms. The van der Waals surface area contributed by atoms with Crippen LogP contribution in [0.5, 0.6) is 0 Å². The van der Waals surface area contributed by atoms with Crippen molar-refractivity contribution < 1.29 is 13.2 Å². The number of rotatable bonds is 6. The second kappa shape index (κ2) is 8.05. The largest absolute Gasteiger partial charge is 0.339 e. The number of nitrogens with one attached hydrogen (secondary N) is 3. The predicted octanol–water partition coefficient (Wildman–Crippen LogP) is 3.29. The maximum absolute atomic E-state index is 12.5. The van der Waals surface area contributed by atoms with Crippen LogP contribution >= 0.6 is 0 Å². The molecule has 0 aliphatic heterocycles. The topological polar surface area (TPSA) is 113 Å². The van der Waals surface area contributed by atoms with Crippen LogP contribution < -0.4 is 15.4 Å². The zero-order valence-corrected chi connectivity index (χ0v) is 16.1. The van der Waals surface area contributed by atoms with Crippen LogP contribution in [0.2, 0.25) is 0 Å². The van der Waals surface area contributed by atoms with E-state index in [1.54, 1.807) is 6.07 Å². The number of aromatic nitrogens is 2. The molecule has 0 fully saturated rings. The van der Waals surface area contributed by atoms with E-state index in [2.05, 4.69) is 25.6 Å². The lowest BCUT2D eigenvalue weighted by Gasteiger charge is -2.09. The molecule has 1 heterocycles. The van der Waals surface area contributed by atoms with Crippen LogP contribution in [-0.4, -0.2) is 24.5 Å². The van der Waals surface area contributed by atoms with Crippen LogP contribution in [-0.2, 0) is 14.8 Å². The molecule has 0 spiro atoms. The Kier molecular flexibility index (Phi) is 5.55.